The van der Waals surface area contributed by atoms with E-state index in [0.717, 1.165) is 24.5 Å². The van der Waals surface area contributed by atoms with Crippen molar-refractivity contribution in [2.45, 2.75) is 77.4 Å². The molecule has 0 radical (unpaired) electrons. The maximum atomic E-state index is 5.36. The maximum absolute atomic E-state index is 5.36. The van der Waals surface area contributed by atoms with Crippen LogP contribution in [0.3, 0.4) is 0 Å². The molecular weight excluding hydrogens is 242 g/mol. The molecule has 0 atom stereocenters. The summed E-state index contributed by atoms with van der Waals surface area (Å²) in [6, 6.07) is 0.456. The predicted molar refractivity (Wildman–Crippen MR) is 83.0 cm³/mol. The van der Waals surface area contributed by atoms with E-state index in [1.807, 2.05) is 0 Å². The van der Waals surface area contributed by atoms with Crippen molar-refractivity contribution in [2.24, 2.45) is 0 Å². The molecule has 1 rings (SSSR count). The monoisotopic (exact) mass is 271 g/mol. The van der Waals surface area contributed by atoms with Gasteiger partial charge in [-0.15, -0.1) is 0 Å². The van der Waals surface area contributed by atoms with Crippen LogP contribution in [-0.4, -0.2) is 28.8 Å². The third-order valence-corrected chi connectivity index (χ3v) is 3.60. The molecule has 0 aliphatic carbocycles. The Morgan fingerprint density at radius 1 is 1.22 bits per heavy atom. The molecule has 1 aliphatic rings. The van der Waals surface area contributed by atoms with Gasteiger partial charge in [-0.25, -0.2) is 0 Å². The van der Waals surface area contributed by atoms with E-state index >= 15 is 0 Å². The van der Waals surface area contributed by atoms with Crippen molar-refractivity contribution in [2.75, 3.05) is 6.54 Å². The van der Waals surface area contributed by atoms with Gasteiger partial charge in [0.2, 0.25) is 0 Å². The molecule has 0 bridgehead atoms. The van der Waals surface area contributed by atoms with Crippen molar-refractivity contribution in [3.05, 3.63) is 0 Å². The fraction of sp³-hybridized carbons (Fsp3) is 0.929. The SMILES string of the molecule is CCCCNC(=S)NC1CC(C)(C)NC(C)(C)C1. The van der Waals surface area contributed by atoms with Crippen LogP contribution in [0.5, 0.6) is 0 Å². The standard InChI is InChI=1S/C14H29N3S/c1-6-7-8-15-12(18)16-11-9-13(2,3)17-14(4,5)10-11/h11,17H,6-10H2,1-5H3,(H2,15,16,18). The Morgan fingerprint density at radius 3 is 2.28 bits per heavy atom. The van der Waals surface area contributed by atoms with Gasteiger partial charge in [-0.2, -0.15) is 0 Å². The van der Waals surface area contributed by atoms with E-state index < -0.39 is 0 Å². The van der Waals surface area contributed by atoms with E-state index in [0.29, 0.717) is 6.04 Å². The first kappa shape index (κ1) is 15.7. The summed E-state index contributed by atoms with van der Waals surface area (Å²) in [5.41, 5.74) is 0.330. The number of piperidine rings is 1. The Bertz CT molecular complexity index is 271. The summed E-state index contributed by atoms with van der Waals surface area (Å²) in [4.78, 5) is 0. The first-order chi connectivity index (χ1) is 8.24. The molecule has 0 aromatic heterocycles. The average Bonchev–Trinajstić information content (AvgIpc) is 2.12. The number of rotatable bonds is 4. The molecule has 3 nitrogen and oxygen atoms in total. The fourth-order valence-corrected chi connectivity index (χ4v) is 3.31. The van der Waals surface area contributed by atoms with E-state index in [9.17, 15) is 0 Å². The van der Waals surface area contributed by atoms with Gasteiger partial charge in [0, 0.05) is 23.7 Å². The van der Waals surface area contributed by atoms with Crippen molar-refractivity contribution in [3.8, 4) is 0 Å². The lowest BCUT2D eigenvalue weighted by Gasteiger charge is -2.46. The van der Waals surface area contributed by atoms with E-state index in [4.69, 9.17) is 12.2 Å². The lowest BCUT2D eigenvalue weighted by Crippen LogP contribution is -2.62. The van der Waals surface area contributed by atoms with Crippen LogP contribution >= 0.6 is 12.2 Å². The van der Waals surface area contributed by atoms with Crippen molar-refractivity contribution in [3.63, 3.8) is 0 Å². The van der Waals surface area contributed by atoms with Crippen LogP contribution < -0.4 is 16.0 Å². The van der Waals surface area contributed by atoms with Crippen LogP contribution in [0.15, 0.2) is 0 Å². The Labute approximate surface area is 117 Å². The Balaban J connectivity index is 2.44. The van der Waals surface area contributed by atoms with Gasteiger partial charge in [0.15, 0.2) is 5.11 Å². The zero-order valence-electron chi connectivity index (χ0n) is 12.5. The Kier molecular flexibility index (Phi) is 5.41. The van der Waals surface area contributed by atoms with Crippen LogP contribution in [0.25, 0.3) is 0 Å². The summed E-state index contributed by atoms with van der Waals surface area (Å²) in [6.07, 6.45) is 4.58. The summed E-state index contributed by atoms with van der Waals surface area (Å²) in [5, 5.41) is 11.2. The van der Waals surface area contributed by atoms with Gasteiger partial charge in [0.05, 0.1) is 0 Å². The average molecular weight is 271 g/mol. The van der Waals surface area contributed by atoms with Crippen LogP contribution in [0.2, 0.25) is 0 Å². The number of unbranched alkanes of at least 4 members (excludes halogenated alkanes) is 1. The number of nitrogens with one attached hydrogen (secondary N) is 3. The number of thiocarbonyl (C=S) groups is 1. The van der Waals surface area contributed by atoms with Gasteiger partial charge in [-0.05, 0) is 59.2 Å². The van der Waals surface area contributed by atoms with Gasteiger partial charge < -0.3 is 16.0 Å². The molecular formula is C14H29N3S. The molecule has 106 valence electrons. The predicted octanol–water partition coefficient (Wildman–Crippen LogP) is 2.56. The largest absolute Gasteiger partial charge is 0.363 e. The summed E-state index contributed by atoms with van der Waals surface area (Å²) < 4.78 is 0. The quantitative estimate of drug-likeness (QED) is 0.542. The maximum Gasteiger partial charge on any atom is 0.166 e. The van der Waals surface area contributed by atoms with Crippen LogP contribution in [0.1, 0.15) is 60.3 Å². The zero-order chi connectivity index (χ0) is 13.8. The Morgan fingerprint density at radius 2 is 1.78 bits per heavy atom. The van der Waals surface area contributed by atoms with Gasteiger partial charge in [0.25, 0.3) is 0 Å². The minimum atomic E-state index is 0.165. The minimum absolute atomic E-state index is 0.165. The molecule has 0 amide bonds. The third kappa shape index (κ3) is 5.53. The summed E-state index contributed by atoms with van der Waals surface area (Å²) in [5.74, 6) is 0. The van der Waals surface area contributed by atoms with E-state index in [1.165, 1.54) is 12.8 Å². The van der Waals surface area contributed by atoms with E-state index in [1.54, 1.807) is 0 Å². The molecule has 4 heteroatoms. The molecule has 0 aromatic rings. The molecule has 0 spiro atoms. The molecule has 1 aliphatic heterocycles. The highest BCUT2D eigenvalue weighted by atomic mass is 32.1. The van der Waals surface area contributed by atoms with Gasteiger partial charge in [-0.1, -0.05) is 13.3 Å². The van der Waals surface area contributed by atoms with Crippen LogP contribution in [0, 0.1) is 0 Å². The topological polar surface area (TPSA) is 36.1 Å². The van der Waals surface area contributed by atoms with Gasteiger partial charge in [-0.3, -0.25) is 0 Å². The van der Waals surface area contributed by atoms with Crippen molar-refractivity contribution >= 4 is 17.3 Å². The second-order valence-corrected chi connectivity index (χ2v) is 7.16. The molecule has 1 heterocycles. The van der Waals surface area contributed by atoms with Crippen molar-refractivity contribution < 1.29 is 0 Å². The fourth-order valence-electron chi connectivity index (χ4n) is 3.04. The van der Waals surface area contributed by atoms with Crippen LogP contribution in [-0.2, 0) is 0 Å². The third-order valence-electron chi connectivity index (χ3n) is 3.34. The smallest absolute Gasteiger partial charge is 0.166 e. The second-order valence-electron chi connectivity index (χ2n) is 6.75. The lowest BCUT2D eigenvalue weighted by atomic mass is 9.80. The van der Waals surface area contributed by atoms with Gasteiger partial charge in [0.1, 0.15) is 0 Å². The zero-order valence-corrected chi connectivity index (χ0v) is 13.3. The molecule has 1 saturated heterocycles. The summed E-state index contributed by atoms with van der Waals surface area (Å²) in [6.45, 7) is 12.2. The second kappa shape index (κ2) is 6.20. The number of hydrogen-bond acceptors (Lipinski definition) is 2. The number of hydrogen-bond donors (Lipinski definition) is 3. The first-order valence-electron chi connectivity index (χ1n) is 7.08. The molecule has 0 unspecified atom stereocenters. The summed E-state index contributed by atoms with van der Waals surface area (Å²) >= 11 is 5.36. The molecule has 0 saturated carbocycles. The van der Waals surface area contributed by atoms with Crippen LogP contribution in [0.4, 0.5) is 0 Å². The lowest BCUT2D eigenvalue weighted by molar-refractivity contribution is 0.155. The minimum Gasteiger partial charge on any atom is -0.363 e. The normalized spacial score (nSPS) is 22.5. The molecule has 3 N–H and O–H groups in total. The highest BCUT2D eigenvalue weighted by Crippen LogP contribution is 2.28. The molecule has 0 aromatic carbocycles. The van der Waals surface area contributed by atoms with Crippen molar-refractivity contribution in [1.29, 1.82) is 0 Å². The first-order valence-corrected chi connectivity index (χ1v) is 7.49. The Hall–Kier alpha value is -0.350. The summed E-state index contributed by atoms with van der Waals surface area (Å²) in [7, 11) is 0. The molecule has 18 heavy (non-hydrogen) atoms. The van der Waals surface area contributed by atoms with Crippen molar-refractivity contribution in [1.82, 2.24) is 16.0 Å². The van der Waals surface area contributed by atoms with E-state index in [2.05, 4.69) is 50.6 Å². The highest BCUT2D eigenvalue weighted by Gasteiger charge is 2.37. The van der Waals surface area contributed by atoms with Gasteiger partial charge >= 0.3 is 0 Å². The van der Waals surface area contributed by atoms with E-state index in [-0.39, 0.29) is 11.1 Å². The molecule has 1 fully saturated rings. The highest BCUT2D eigenvalue weighted by molar-refractivity contribution is 7.80.